The highest BCUT2D eigenvalue weighted by molar-refractivity contribution is 5.78. The summed E-state index contributed by atoms with van der Waals surface area (Å²) in [5, 5.41) is 4.24. The van der Waals surface area contributed by atoms with Crippen molar-refractivity contribution in [2.45, 2.75) is 12.8 Å². The van der Waals surface area contributed by atoms with Crippen LogP contribution in [0.3, 0.4) is 0 Å². The molecule has 1 aliphatic rings. The summed E-state index contributed by atoms with van der Waals surface area (Å²) in [6.45, 7) is 1.39. The van der Waals surface area contributed by atoms with Crippen LogP contribution < -0.4 is 5.43 Å². The van der Waals surface area contributed by atoms with Gasteiger partial charge in [0.25, 0.3) is 0 Å². The van der Waals surface area contributed by atoms with E-state index in [1.165, 1.54) is 16.9 Å². The second-order valence-electron chi connectivity index (χ2n) is 8.03. The second-order valence-corrected chi connectivity index (χ2v) is 8.03. The molecule has 1 aromatic heterocycles. The average molecular weight is 483 g/mol. The molecule has 1 fully saturated rings. The van der Waals surface area contributed by atoms with Gasteiger partial charge in [-0.3, -0.25) is 14.4 Å². The lowest BCUT2D eigenvalue weighted by Crippen LogP contribution is -2.43. The van der Waals surface area contributed by atoms with Gasteiger partial charge in [-0.05, 0) is 23.3 Å². The van der Waals surface area contributed by atoms with Crippen LogP contribution in [-0.4, -0.2) is 59.5 Å². The molecule has 10 heteroatoms. The van der Waals surface area contributed by atoms with Gasteiger partial charge in [0, 0.05) is 31.3 Å². The third-order valence-corrected chi connectivity index (χ3v) is 5.41. The topological polar surface area (TPSA) is 90.7 Å². The van der Waals surface area contributed by atoms with Gasteiger partial charge in [0.15, 0.2) is 0 Å². The average Bonchev–Trinajstić information content (AvgIpc) is 2.81. The van der Waals surface area contributed by atoms with Crippen molar-refractivity contribution in [3.8, 4) is 5.69 Å². The lowest BCUT2D eigenvalue weighted by Gasteiger charge is -2.26. The SMILES string of the molecule is O=C(Cc1cccc(Cc2nn(-c3cc(F)cc(F)c3)ccc2=O)c1)OCCN1CCOCC1=O. The Kier molecular flexibility index (Phi) is 7.61. The molecule has 182 valence electrons. The monoisotopic (exact) mass is 483 g/mol. The molecule has 35 heavy (non-hydrogen) atoms. The molecule has 1 saturated heterocycles. The number of carbonyl (C=O) groups excluding carboxylic acids is 2. The van der Waals surface area contributed by atoms with Crippen molar-refractivity contribution < 1.29 is 27.8 Å². The fourth-order valence-electron chi connectivity index (χ4n) is 3.70. The van der Waals surface area contributed by atoms with Gasteiger partial charge in [0.2, 0.25) is 11.3 Å². The number of nitrogens with zero attached hydrogens (tertiary/aromatic N) is 3. The molecular weight excluding hydrogens is 460 g/mol. The molecule has 0 spiro atoms. The molecule has 1 amide bonds. The Balaban J connectivity index is 1.38. The third-order valence-electron chi connectivity index (χ3n) is 5.41. The van der Waals surface area contributed by atoms with E-state index in [1.807, 2.05) is 0 Å². The summed E-state index contributed by atoms with van der Waals surface area (Å²) in [7, 11) is 0. The van der Waals surface area contributed by atoms with E-state index in [0.29, 0.717) is 25.3 Å². The molecule has 0 aliphatic carbocycles. The first-order chi connectivity index (χ1) is 16.9. The van der Waals surface area contributed by atoms with Crippen molar-refractivity contribution in [2.75, 3.05) is 32.9 Å². The molecule has 2 heterocycles. The van der Waals surface area contributed by atoms with Crippen molar-refractivity contribution in [1.29, 1.82) is 0 Å². The largest absolute Gasteiger partial charge is 0.464 e. The number of ether oxygens (including phenoxy) is 2. The van der Waals surface area contributed by atoms with E-state index >= 15 is 0 Å². The van der Waals surface area contributed by atoms with Crippen molar-refractivity contribution in [1.82, 2.24) is 14.7 Å². The zero-order chi connectivity index (χ0) is 24.8. The van der Waals surface area contributed by atoms with Crippen LogP contribution >= 0.6 is 0 Å². The number of hydrogen-bond acceptors (Lipinski definition) is 6. The number of halogens is 2. The van der Waals surface area contributed by atoms with Crippen LogP contribution in [-0.2, 0) is 31.9 Å². The lowest BCUT2D eigenvalue weighted by atomic mass is 10.0. The normalized spacial score (nSPS) is 13.7. The molecule has 0 atom stereocenters. The standard InChI is InChI=1S/C25H23F2N3O5/c26-19-13-20(27)15-21(14-19)30-5-4-23(31)22(28-30)11-17-2-1-3-18(10-17)12-25(33)35-9-7-29-6-8-34-16-24(29)32/h1-5,10,13-15H,6-9,11-12,16H2. The maximum atomic E-state index is 13.6. The van der Waals surface area contributed by atoms with E-state index in [2.05, 4.69) is 5.10 Å². The van der Waals surface area contributed by atoms with Crippen LogP contribution in [0.1, 0.15) is 16.8 Å². The molecule has 3 aromatic rings. The smallest absolute Gasteiger partial charge is 0.310 e. The second kappa shape index (κ2) is 11.0. The summed E-state index contributed by atoms with van der Waals surface area (Å²) in [6, 6.07) is 11.4. The maximum Gasteiger partial charge on any atom is 0.310 e. The maximum absolute atomic E-state index is 13.6. The quantitative estimate of drug-likeness (QED) is 0.456. The number of amides is 1. The molecule has 0 N–H and O–H groups in total. The van der Waals surface area contributed by atoms with Gasteiger partial charge in [-0.25, -0.2) is 13.5 Å². The molecule has 0 bridgehead atoms. The van der Waals surface area contributed by atoms with Crippen LogP contribution in [0, 0.1) is 11.6 Å². The Morgan fingerprint density at radius 2 is 1.83 bits per heavy atom. The Hall–Kier alpha value is -3.92. The van der Waals surface area contributed by atoms with Crippen molar-refractivity contribution in [3.05, 3.63) is 93.4 Å². The molecule has 1 aliphatic heterocycles. The van der Waals surface area contributed by atoms with Crippen LogP contribution in [0.5, 0.6) is 0 Å². The minimum atomic E-state index is -0.752. The zero-order valence-corrected chi connectivity index (χ0v) is 18.8. The molecule has 0 unspecified atom stereocenters. The minimum absolute atomic E-state index is 0.0277. The first kappa shape index (κ1) is 24.2. The highest BCUT2D eigenvalue weighted by Gasteiger charge is 2.18. The molecule has 8 nitrogen and oxygen atoms in total. The van der Waals surface area contributed by atoms with Gasteiger partial charge >= 0.3 is 5.97 Å². The zero-order valence-electron chi connectivity index (χ0n) is 18.8. The Bertz CT molecular complexity index is 1270. The van der Waals surface area contributed by atoms with E-state index in [0.717, 1.165) is 23.8 Å². The number of hydrogen-bond donors (Lipinski definition) is 0. The lowest BCUT2D eigenvalue weighted by molar-refractivity contribution is -0.149. The van der Waals surface area contributed by atoms with E-state index in [-0.39, 0.29) is 48.8 Å². The van der Waals surface area contributed by atoms with E-state index in [9.17, 15) is 23.2 Å². The fraction of sp³-hybridized carbons (Fsp3) is 0.280. The highest BCUT2D eigenvalue weighted by Crippen LogP contribution is 2.13. The van der Waals surface area contributed by atoms with Crippen LogP contribution in [0.25, 0.3) is 5.69 Å². The van der Waals surface area contributed by atoms with Gasteiger partial charge < -0.3 is 14.4 Å². The summed E-state index contributed by atoms with van der Waals surface area (Å²) in [6.07, 6.45) is 1.54. The Morgan fingerprint density at radius 3 is 2.60 bits per heavy atom. The summed E-state index contributed by atoms with van der Waals surface area (Å²) >= 11 is 0. The predicted molar refractivity (Wildman–Crippen MR) is 121 cm³/mol. The highest BCUT2D eigenvalue weighted by atomic mass is 19.1. The van der Waals surface area contributed by atoms with Gasteiger partial charge in [-0.15, -0.1) is 0 Å². The molecule has 4 rings (SSSR count). The van der Waals surface area contributed by atoms with E-state index in [4.69, 9.17) is 9.47 Å². The van der Waals surface area contributed by atoms with Gasteiger partial charge in [-0.2, -0.15) is 5.10 Å². The van der Waals surface area contributed by atoms with Crippen LogP contribution in [0.4, 0.5) is 8.78 Å². The first-order valence-electron chi connectivity index (χ1n) is 11.0. The third kappa shape index (κ3) is 6.57. The van der Waals surface area contributed by atoms with E-state index in [1.54, 1.807) is 29.2 Å². The first-order valence-corrected chi connectivity index (χ1v) is 11.0. The molecule has 0 radical (unpaired) electrons. The van der Waals surface area contributed by atoms with Crippen molar-refractivity contribution in [2.24, 2.45) is 0 Å². The minimum Gasteiger partial charge on any atom is -0.464 e. The molecule has 2 aromatic carbocycles. The number of morpholine rings is 1. The number of carbonyl (C=O) groups is 2. The Labute approximate surface area is 199 Å². The summed E-state index contributed by atoms with van der Waals surface area (Å²) < 4.78 is 38.7. The van der Waals surface area contributed by atoms with Crippen molar-refractivity contribution in [3.63, 3.8) is 0 Å². The van der Waals surface area contributed by atoms with Gasteiger partial charge in [0.05, 0.1) is 25.3 Å². The number of rotatable bonds is 8. The van der Waals surface area contributed by atoms with Crippen LogP contribution in [0.2, 0.25) is 0 Å². The number of esters is 1. The Morgan fingerprint density at radius 1 is 1.06 bits per heavy atom. The summed E-state index contributed by atoms with van der Waals surface area (Å²) in [4.78, 5) is 37.9. The predicted octanol–water partition coefficient (Wildman–Crippen LogP) is 2.05. The van der Waals surface area contributed by atoms with Crippen LogP contribution in [0.15, 0.2) is 59.5 Å². The number of benzene rings is 2. The molecular formula is C25H23F2N3O5. The van der Waals surface area contributed by atoms with Gasteiger partial charge in [0.1, 0.15) is 30.5 Å². The van der Waals surface area contributed by atoms with E-state index < -0.39 is 17.6 Å². The number of aromatic nitrogens is 2. The molecule has 0 saturated carbocycles. The fourth-order valence-corrected chi connectivity index (χ4v) is 3.70. The summed E-state index contributed by atoms with van der Waals surface area (Å²) in [5.74, 6) is -2.07. The summed E-state index contributed by atoms with van der Waals surface area (Å²) in [5.41, 5.74) is 1.45. The van der Waals surface area contributed by atoms with Gasteiger partial charge in [-0.1, -0.05) is 24.3 Å². The van der Waals surface area contributed by atoms with Crippen molar-refractivity contribution >= 4 is 11.9 Å².